The first kappa shape index (κ1) is 13.4. The SMILES string of the molecule is Cc1cc(F)cc(-n2c(CCl)nc3cc(Cl)ccc32)c1. The van der Waals surface area contributed by atoms with E-state index in [1.165, 1.54) is 12.1 Å². The van der Waals surface area contributed by atoms with Gasteiger partial charge in [-0.2, -0.15) is 0 Å². The van der Waals surface area contributed by atoms with Crippen molar-refractivity contribution in [2.75, 3.05) is 0 Å². The van der Waals surface area contributed by atoms with Gasteiger partial charge in [0, 0.05) is 5.02 Å². The van der Waals surface area contributed by atoms with Crippen LogP contribution in [0, 0.1) is 12.7 Å². The van der Waals surface area contributed by atoms with Crippen molar-refractivity contribution in [2.45, 2.75) is 12.8 Å². The monoisotopic (exact) mass is 308 g/mol. The summed E-state index contributed by atoms with van der Waals surface area (Å²) >= 11 is 11.9. The molecule has 0 aliphatic rings. The zero-order valence-corrected chi connectivity index (χ0v) is 12.2. The normalized spacial score (nSPS) is 11.2. The Hall–Kier alpha value is -1.58. The third kappa shape index (κ3) is 2.28. The molecule has 0 bridgehead atoms. The number of aryl methyl sites for hydroxylation is 1. The molecule has 102 valence electrons. The number of rotatable bonds is 2. The second-order valence-electron chi connectivity index (χ2n) is 4.62. The fraction of sp³-hybridized carbons (Fsp3) is 0.133. The molecular formula is C15H11Cl2FN2. The standard InChI is InChI=1S/C15H11Cl2FN2/c1-9-4-11(18)7-12(5-9)20-14-3-2-10(17)6-13(14)19-15(20)8-16/h2-7H,8H2,1H3. The fourth-order valence-corrected chi connectivity index (χ4v) is 2.67. The lowest BCUT2D eigenvalue weighted by molar-refractivity contribution is 0.625. The van der Waals surface area contributed by atoms with Crippen LogP contribution in [0.4, 0.5) is 4.39 Å². The highest BCUT2D eigenvalue weighted by molar-refractivity contribution is 6.31. The smallest absolute Gasteiger partial charge is 0.129 e. The number of halogens is 3. The lowest BCUT2D eigenvalue weighted by Gasteiger charge is -2.09. The Morgan fingerprint density at radius 2 is 2.00 bits per heavy atom. The van der Waals surface area contributed by atoms with E-state index in [2.05, 4.69) is 4.98 Å². The van der Waals surface area contributed by atoms with Crippen molar-refractivity contribution in [1.82, 2.24) is 9.55 Å². The van der Waals surface area contributed by atoms with Crippen molar-refractivity contribution in [2.24, 2.45) is 0 Å². The van der Waals surface area contributed by atoms with E-state index < -0.39 is 0 Å². The molecule has 0 unspecified atom stereocenters. The third-order valence-corrected chi connectivity index (χ3v) is 3.56. The molecule has 3 aromatic rings. The molecule has 1 aromatic heterocycles. The highest BCUT2D eigenvalue weighted by atomic mass is 35.5. The van der Waals surface area contributed by atoms with Crippen LogP contribution < -0.4 is 0 Å². The minimum absolute atomic E-state index is 0.238. The summed E-state index contributed by atoms with van der Waals surface area (Å²) in [6.45, 7) is 1.85. The molecule has 2 aromatic carbocycles. The number of benzene rings is 2. The van der Waals surface area contributed by atoms with Crippen LogP contribution in [-0.2, 0) is 5.88 Å². The van der Waals surface area contributed by atoms with Crippen LogP contribution >= 0.6 is 23.2 Å². The minimum atomic E-state index is -0.281. The van der Waals surface area contributed by atoms with Gasteiger partial charge in [0.15, 0.2) is 0 Å². The first-order valence-electron chi connectivity index (χ1n) is 6.09. The molecule has 3 rings (SSSR count). The molecule has 0 atom stereocenters. The van der Waals surface area contributed by atoms with Gasteiger partial charge in [0.05, 0.1) is 22.6 Å². The summed E-state index contributed by atoms with van der Waals surface area (Å²) in [7, 11) is 0. The number of fused-ring (bicyclic) bond motifs is 1. The number of nitrogens with zero attached hydrogens (tertiary/aromatic N) is 2. The maximum Gasteiger partial charge on any atom is 0.129 e. The molecule has 0 radical (unpaired) electrons. The number of imidazole rings is 1. The van der Waals surface area contributed by atoms with Gasteiger partial charge in [-0.25, -0.2) is 9.37 Å². The van der Waals surface area contributed by atoms with Gasteiger partial charge in [-0.15, -0.1) is 11.6 Å². The Kier molecular flexibility index (Phi) is 3.40. The van der Waals surface area contributed by atoms with Crippen molar-refractivity contribution in [3.05, 3.63) is 58.6 Å². The van der Waals surface area contributed by atoms with Gasteiger partial charge in [-0.3, -0.25) is 4.57 Å². The Labute approximate surface area is 125 Å². The van der Waals surface area contributed by atoms with Crippen LogP contribution in [0.2, 0.25) is 5.02 Å². The lowest BCUT2D eigenvalue weighted by Crippen LogP contribution is -2.00. The predicted molar refractivity (Wildman–Crippen MR) is 80.3 cm³/mol. The lowest BCUT2D eigenvalue weighted by atomic mass is 10.2. The second kappa shape index (κ2) is 5.08. The van der Waals surface area contributed by atoms with E-state index >= 15 is 0 Å². The summed E-state index contributed by atoms with van der Waals surface area (Å²) in [6.07, 6.45) is 0. The van der Waals surface area contributed by atoms with Crippen molar-refractivity contribution in [3.8, 4) is 5.69 Å². The molecule has 0 N–H and O–H groups in total. The highest BCUT2D eigenvalue weighted by Gasteiger charge is 2.13. The molecule has 0 saturated carbocycles. The van der Waals surface area contributed by atoms with Crippen LogP contribution in [0.3, 0.4) is 0 Å². The first-order valence-corrected chi connectivity index (χ1v) is 7.00. The molecule has 1 heterocycles. The van der Waals surface area contributed by atoms with E-state index in [-0.39, 0.29) is 11.7 Å². The van der Waals surface area contributed by atoms with Gasteiger partial charge in [0.25, 0.3) is 0 Å². The van der Waals surface area contributed by atoms with E-state index in [4.69, 9.17) is 23.2 Å². The van der Waals surface area contributed by atoms with Crippen LogP contribution in [0.25, 0.3) is 16.7 Å². The summed E-state index contributed by atoms with van der Waals surface area (Å²) < 4.78 is 15.5. The summed E-state index contributed by atoms with van der Waals surface area (Å²) in [4.78, 5) is 4.45. The molecule has 20 heavy (non-hydrogen) atoms. The second-order valence-corrected chi connectivity index (χ2v) is 5.32. The minimum Gasteiger partial charge on any atom is -0.295 e. The topological polar surface area (TPSA) is 17.8 Å². The van der Waals surface area contributed by atoms with Crippen LogP contribution in [0.15, 0.2) is 36.4 Å². The van der Waals surface area contributed by atoms with Gasteiger partial charge in [-0.05, 0) is 48.9 Å². The summed E-state index contributed by atoms with van der Waals surface area (Å²) in [6, 6.07) is 10.3. The highest BCUT2D eigenvalue weighted by Crippen LogP contribution is 2.26. The van der Waals surface area contributed by atoms with Crippen molar-refractivity contribution in [3.63, 3.8) is 0 Å². The van der Waals surface area contributed by atoms with Crippen molar-refractivity contribution < 1.29 is 4.39 Å². The Morgan fingerprint density at radius 1 is 1.20 bits per heavy atom. The molecule has 0 spiro atoms. The average molecular weight is 309 g/mol. The number of aromatic nitrogens is 2. The Bertz CT molecular complexity index is 776. The Balaban J connectivity index is 2.33. The van der Waals surface area contributed by atoms with Gasteiger partial charge in [0.2, 0.25) is 0 Å². The maximum absolute atomic E-state index is 13.6. The van der Waals surface area contributed by atoms with Gasteiger partial charge >= 0.3 is 0 Å². The first-order chi connectivity index (χ1) is 9.58. The van der Waals surface area contributed by atoms with Gasteiger partial charge in [-0.1, -0.05) is 11.6 Å². The van der Waals surface area contributed by atoms with E-state index in [1.807, 2.05) is 23.6 Å². The molecule has 0 saturated heterocycles. The van der Waals surface area contributed by atoms with E-state index in [0.29, 0.717) is 16.5 Å². The molecule has 0 aliphatic carbocycles. The number of hydrogen-bond donors (Lipinski definition) is 0. The number of hydrogen-bond acceptors (Lipinski definition) is 1. The molecule has 2 nitrogen and oxygen atoms in total. The summed E-state index contributed by atoms with van der Waals surface area (Å²) in [5.74, 6) is 0.618. The molecule has 0 amide bonds. The van der Waals surface area contributed by atoms with Gasteiger partial charge < -0.3 is 0 Å². The summed E-state index contributed by atoms with van der Waals surface area (Å²) in [5, 5.41) is 0.610. The zero-order chi connectivity index (χ0) is 14.3. The van der Waals surface area contributed by atoms with Crippen LogP contribution in [0.5, 0.6) is 0 Å². The van der Waals surface area contributed by atoms with Crippen LogP contribution in [-0.4, -0.2) is 9.55 Å². The predicted octanol–water partition coefficient (Wildman–Crippen LogP) is 4.87. The van der Waals surface area contributed by atoms with Gasteiger partial charge in [0.1, 0.15) is 11.6 Å². The van der Waals surface area contributed by atoms with E-state index in [1.54, 1.807) is 12.1 Å². The quantitative estimate of drug-likeness (QED) is 0.618. The third-order valence-electron chi connectivity index (χ3n) is 3.09. The zero-order valence-electron chi connectivity index (χ0n) is 10.7. The molecular weight excluding hydrogens is 298 g/mol. The maximum atomic E-state index is 13.6. The molecule has 0 aliphatic heterocycles. The average Bonchev–Trinajstić information content (AvgIpc) is 2.74. The van der Waals surface area contributed by atoms with Crippen molar-refractivity contribution in [1.29, 1.82) is 0 Å². The largest absolute Gasteiger partial charge is 0.295 e. The fourth-order valence-electron chi connectivity index (χ4n) is 2.33. The van der Waals surface area contributed by atoms with E-state index in [9.17, 15) is 4.39 Å². The Morgan fingerprint density at radius 3 is 2.70 bits per heavy atom. The molecule has 5 heteroatoms. The van der Waals surface area contributed by atoms with Crippen LogP contribution in [0.1, 0.15) is 11.4 Å². The number of alkyl halides is 1. The van der Waals surface area contributed by atoms with Crippen molar-refractivity contribution >= 4 is 34.2 Å². The van der Waals surface area contributed by atoms with E-state index in [0.717, 1.165) is 16.6 Å². The molecule has 0 fully saturated rings. The summed E-state index contributed by atoms with van der Waals surface area (Å²) in [5.41, 5.74) is 3.16.